The van der Waals surface area contributed by atoms with E-state index in [0.29, 0.717) is 13.1 Å². The zero-order valence-electron chi connectivity index (χ0n) is 13.9. The van der Waals surface area contributed by atoms with Gasteiger partial charge >= 0.3 is 0 Å². The Morgan fingerprint density at radius 2 is 2.12 bits per heavy atom. The number of amides is 2. The van der Waals surface area contributed by atoms with Crippen molar-refractivity contribution < 1.29 is 9.59 Å². The van der Waals surface area contributed by atoms with Crippen LogP contribution in [-0.2, 0) is 16.1 Å². The number of nitrogens with zero attached hydrogens (tertiary/aromatic N) is 3. The van der Waals surface area contributed by atoms with Crippen LogP contribution in [0.4, 0.5) is 0 Å². The number of nitrogens with one attached hydrogen (secondary N) is 1. The van der Waals surface area contributed by atoms with E-state index in [-0.39, 0.29) is 17.7 Å². The molecule has 0 saturated carbocycles. The first-order valence-electron chi connectivity index (χ1n) is 8.24. The highest BCUT2D eigenvalue weighted by molar-refractivity contribution is 5.78. The molecule has 128 valence electrons. The number of hydrogen-bond acceptors (Lipinski definition) is 4. The van der Waals surface area contributed by atoms with Crippen molar-refractivity contribution in [3.8, 4) is 0 Å². The molecule has 3 N–H and O–H groups in total. The molecule has 3 rings (SSSR count). The molecule has 0 radical (unpaired) electrons. The smallest absolute Gasteiger partial charge is 0.234 e. The first-order chi connectivity index (χ1) is 11.5. The fourth-order valence-electron chi connectivity index (χ4n) is 3.05. The molecule has 7 nitrogen and oxygen atoms in total. The summed E-state index contributed by atoms with van der Waals surface area (Å²) >= 11 is 0. The first kappa shape index (κ1) is 16.4. The van der Waals surface area contributed by atoms with Crippen molar-refractivity contribution in [2.24, 2.45) is 11.7 Å². The molecular formula is C17H23N5O2. The van der Waals surface area contributed by atoms with E-state index in [1.54, 1.807) is 0 Å². The summed E-state index contributed by atoms with van der Waals surface area (Å²) < 4.78 is 1.95. The second kappa shape index (κ2) is 7.00. The number of imidazole rings is 1. The lowest BCUT2D eigenvalue weighted by Gasteiger charge is -2.29. The van der Waals surface area contributed by atoms with Gasteiger partial charge in [-0.1, -0.05) is 0 Å². The van der Waals surface area contributed by atoms with Crippen molar-refractivity contribution >= 4 is 17.5 Å². The Balaban J connectivity index is 1.47. The van der Waals surface area contributed by atoms with E-state index in [1.807, 2.05) is 35.9 Å². The van der Waals surface area contributed by atoms with E-state index in [0.717, 1.165) is 42.8 Å². The SMILES string of the molecule is Cc1ccn2cc(CNC(=O)CN3CCC(C(N)=O)CC3)nc2c1. The highest BCUT2D eigenvalue weighted by Crippen LogP contribution is 2.16. The van der Waals surface area contributed by atoms with Crippen LogP contribution >= 0.6 is 0 Å². The summed E-state index contributed by atoms with van der Waals surface area (Å²) in [5, 5.41) is 2.91. The molecule has 0 atom stereocenters. The molecule has 2 aromatic rings. The van der Waals surface area contributed by atoms with Crippen molar-refractivity contribution in [3.63, 3.8) is 0 Å². The zero-order valence-corrected chi connectivity index (χ0v) is 13.9. The van der Waals surface area contributed by atoms with Gasteiger partial charge in [0.15, 0.2) is 0 Å². The molecule has 24 heavy (non-hydrogen) atoms. The lowest BCUT2D eigenvalue weighted by atomic mass is 9.96. The van der Waals surface area contributed by atoms with Crippen LogP contribution in [0.2, 0.25) is 0 Å². The number of likely N-dealkylation sites (tertiary alicyclic amines) is 1. The molecule has 1 fully saturated rings. The fraction of sp³-hybridized carbons (Fsp3) is 0.471. The van der Waals surface area contributed by atoms with Crippen LogP contribution in [-0.4, -0.2) is 45.7 Å². The molecule has 1 aliphatic rings. The Bertz CT molecular complexity index is 747. The second-order valence-electron chi connectivity index (χ2n) is 6.43. The van der Waals surface area contributed by atoms with Gasteiger partial charge in [-0.2, -0.15) is 0 Å². The minimum atomic E-state index is -0.235. The molecule has 3 heterocycles. The maximum absolute atomic E-state index is 12.1. The predicted molar refractivity (Wildman–Crippen MR) is 90.1 cm³/mol. The molecule has 1 aliphatic heterocycles. The van der Waals surface area contributed by atoms with E-state index in [4.69, 9.17) is 5.73 Å². The van der Waals surface area contributed by atoms with E-state index >= 15 is 0 Å². The average Bonchev–Trinajstić information content (AvgIpc) is 2.95. The van der Waals surface area contributed by atoms with Crippen molar-refractivity contribution in [2.45, 2.75) is 26.3 Å². The third kappa shape index (κ3) is 3.91. The summed E-state index contributed by atoms with van der Waals surface area (Å²) in [5.74, 6) is -0.312. The van der Waals surface area contributed by atoms with E-state index in [2.05, 4.69) is 15.2 Å². The number of fused-ring (bicyclic) bond motifs is 1. The molecule has 0 spiro atoms. The lowest BCUT2D eigenvalue weighted by molar-refractivity contribution is -0.124. The Morgan fingerprint density at radius 3 is 2.83 bits per heavy atom. The number of primary amides is 1. The van der Waals surface area contributed by atoms with Gasteiger partial charge in [-0.15, -0.1) is 0 Å². The Hall–Kier alpha value is -2.41. The zero-order chi connectivity index (χ0) is 17.1. The second-order valence-corrected chi connectivity index (χ2v) is 6.43. The number of carbonyl (C=O) groups is 2. The van der Waals surface area contributed by atoms with Gasteiger partial charge in [-0.25, -0.2) is 4.98 Å². The van der Waals surface area contributed by atoms with Crippen molar-refractivity contribution in [3.05, 3.63) is 35.8 Å². The van der Waals surface area contributed by atoms with Gasteiger partial charge < -0.3 is 15.5 Å². The number of aromatic nitrogens is 2. The fourth-order valence-corrected chi connectivity index (χ4v) is 3.05. The van der Waals surface area contributed by atoms with E-state index in [1.165, 1.54) is 0 Å². The maximum Gasteiger partial charge on any atom is 0.234 e. The van der Waals surface area contributed by atoms with Crippen LogP contribution in [0.25, 0.3) is 5.65 Å². The Morgan fingerprint density at radius 1 is 1.38 bits per heavy atom. The van der Waals surface area contributed by atoms with Gasteiger partial charge in [0.1, 0.15) is 5.65 Å². The predicted octanol–water partition coefficient (Wildman–Crippen LogP) is 0.456. The van der Waals surface area contributed by atoms with E-state index in [9.17, 15) is 9.59 Å². The monoisotopic (exact) mass is 329 g/mol. The third-order valence-corrected chi connectivity index (χ3v) is 4.49. The van der Waals surface area contributed by atoms with Crippen molar-refractivity contribution in [1.29, 1.82) is 0 Å². The molecule has 0 aromatic carbocycles. The first-order valence-corrected chi connectivity index (χ1v) is 8.24. The normalized spacial score (nSPS) is 16.4. The molecule has 0 bridgehead atoms. The van der Waals surface area contributed by atoms with Crippen LogP contribution in [0.3, 0.4) is 0 Å². The number of pyridine rings is 1. The number of carbonyl (C=O) groups excluding carboxylic acids is 2. The minimum Gasteiger partial charge on any atom is -0.369 e. The summed E-state index contributed by atoms with van der Waals surface area (Å²) in [6.45, 7) is 4.25. The number of rotatable bonds is 5. The van der Waals surface area contributed by atoms with E-state index < -0.39 is 0 Å². The van der Waals surface area contributed by atoms with Crippen LogP contribution in [0, 0.1) is 12.8 Å². The molecule has 2 aromatic heterocycles. The topological polar surface area (TPSA) is 92.7 Å². The Labute approximate surface area is 140 Å². The van der Waals surface area contributed by atoms with Gasteiger partial charge in [0, 0.05) is 18.3 Å². The van der Waals surface area contributed by atoms with Crippen molar-refractivity contribution in [1.82, 2.24) is 19.6 Å². The largest absolute Gasteiger partial charge is 0.369 e. The molecule has 0 unspecified atom stereocenters. The summed E-state index contributed by atoms with van der Waals surface area (Å²) in [6, 6.07) is 4.03. The van der Waals surface area contributed by atoms with Crippen LogP contribution in [0.5, 0.6) is 0 Å². The highest BCUT2D eigenvalue weighted by atomic mass is 16.2. The van der Waals surface area contributed by atoms with Gasteiger partial charge in [0.05, 0.1) is 18.8 Å². The average molecular weight is 329 g/mol. The third-order valence-electron chi connectivity index (χ3n) is 4.49. The molecule has 1 saturated heterocycles. The molecule has 2 amide bonds. The number of nitrogens with two attached hydrogens (primary N) is 1. The summed E-state index contributed by atoms with van der Waals surface area (Å²) in [6.07, 6.45) is 5.35. The maximum atomic E-state index is 12.1. The summed E-state index contributed by atoms with van der Waals surface area (Å²) in [7, 11) is 0. The summed E-state index contributed by atoms with van der Waals surface area (Å²) in [5.41, 5.74) is 8.19. The molecular weight excluding hydrogens is 306 g/mol. The molecule has 0 aliphatic carbocycles. The van der Waals surface area contributed by atoms with Crippen LogP contribution < -0.4 is 11.1 Å². The minimum absolute atomic E-state index is 0.0271. The van der Waals surface area contributed by atoms with Crippen LogP contribution in [0.15, 0.2) is 24.5 Å². The van der Waals surface area contributed by atoms with Crippen molar-refractivity contribution in [2.75, 3.05) is 19.6 Å². The quantitative estimate of drug-likeness (QED) is 0.833. The Kier molecular flexibility index (Phi) is 4.80. The number of aryl methyl sites for hydroxylation is 1. The standard InChI is InChI=1S/C17H23N5O2/c1-12-2-7-22-10-14(20-15(22)8-12)9-19-16(23)11-21-5-3-13(4-6-21)17(18)24/h2,7-8,10,13H,3-6,9,11H2,1H3,(H2,18,24)(H,19,23). The number of piperidine rings is 1. The lowest BCUT2D eigenvalue weighted by Crippen LogP contribution is -2.43. The van der Waals surface area contributed by atoms with Gasteiger partial charge in [0.25, 0.3) is 0 Å². The number of hydrogen-bond donors (Lipinski definition) is 2. The highest BCUT2D eigenvalue weighted by Gasteiger charge is 2.24. The molecule has 7 heteroatoms. The van der Waals surface area contributed by atoms with Crippen LogP contribution in [0.1, 0.15) is 24.1 Å². The van der Waals surface area contributed by atoms with Gasteiger partial charge in [-0.3, -0.25) is 14.5 Å². The van der Waals surface area contributed by atoms with Gasteiger partial charge in [0.2, 0.25) is 11.8 Å². The van der Waals surface area contributed by atoms with Gasteiger partial charge in [-0.05, 0) is 50.6 Å². The summed E-state index contributed by atoms with van der Waals surface area (Å²) in [4.78, 5) is 29.8.